The molecular formula is C24H28ClN5O. The quantitative estimate of drug-likeness (QED) is 0.470. The second kappa shape index (κ2) is 9.98. The van der Waals surface area contributed by atoms with E-state index >= 15 is 0 Å². The first-order valence-electron chi connectivity index (χ1n) is 10.7. The van der Waals surface area contributed by atoms with Crippen molar-refractivity contribution in [2.45, 2.75) is 26.7 Å². The van der Waals surface area contributed by atoms with Gasteiger partial charge < -0.3 is 15.4 Å². The Labute approximate surface area is 188 Å². The highest BCUT2D eigenvalue weighted by molar-refractivity contribution is 6.31. The molecule has 0 atom stereocenters. The molecule has 3 aromatic rings. The summed E-state index contributed by atoms with van der Waals surface area (Å²) in [4.78, 5) is 11.5. The largest absolute Gasteiger partial charge is 0.492 e. The molecule has 2 aromatic carbocycles. The molecule has 2 heterocycles. The van der Waals surface area contributed by atoms with Gasteiger partial charge in [0.25, 0.3) is 0 Å². The maximum absolute atomic E-state index is 6.12. The Bertz CT molecular complexity index is 1020. The number of ether oxygens (including phenoxy) is 1. The zero-order chi connectivity index (χ0) is 21.6. The van der Waals surface area contributed by atoms with Crippen LogP contribution in [0.1, 0.15) is 24.0 Å². The average Bonchev–Trinajstić information content (AvgIpc) is 3.28. The van der Waals surface area contributed by atoms with Gasteiger partial charge in [-0.15, -0.1) is 0 Å². The van der Waals surface area contributed by atoms with E-state index in [1.54, 1.807) is 6.20 Å². The number of hydrogen-bond acceptors (Lipinski definition) is 6. The molecule has 0 saturated carbocycles. The molecule has 162 valence electrons. The number of anilines is 4. The van der Waals surface area contributed by atoms with Crippen LogP contribution in [0.15, 0.2) is 48.7 Å². The van der Waals surface area contributed by atoms with Crippen molar-refractivity contribution < 1.29 is 4.74 Å². The van der Waals surface area contributed by atoms with E-state index in [2.05, 4.69) is 25.5 Å². The lowest BCUT2D eigenvalue weighted by Gasteiger charge is -2.15. The fourth-order valence-electron chi connectivity index (χ4n) is 3.55. The SMILES string of the molecule is Cc1cc(Nc2nc(Nc3ccc(OCCN4CCCC4)cc3)ncc2C)ccc1Cl. The van der Waals surface area contributed by atoms with Crippen molar-refractivity contribution in [1.29, 1.82) is 0 Å². The molecule has 0 radical (unpaired) electrons. The zero-order valence-electron chi connectivity index (χ0n) is 18.0. The topological polar surface area (TPSA) is 62.3 Å². The van der Waals surface area contributed by atoms with Crippen molar-refractivity contribution in [2.75, 3.05) is 36.9 Å². The number of benzene rings is 2. The van der Waals surface area contributed by atoms with Crippen LogP contribution in [0.4, 0.5) is 23.1 Å². The number of nitrogens with one attached hydrogen (secondary N) is 2. The third-order valence-electron chi connectivity index (χ3n) is 5.38. The van der Waals surface area contributed by atoms with Gasteiger partial charge in [-0.05, 0) is 87.8 Å². The number of aromatic nitrogens is 2. The van der Waals surface area contributed by atoms with Crippen molar-refractivity contribution in [3.05, 3.63) is 64.8 Å². The first-order chi connectivity index (χ1) is 15.1. The lowest BCUT2D eigenvalue weighted by Crippen LogP contribution is -2.25. The molecule has 1 saturated heterocycles. The van der Waals surface area contributed by atoms with Crippen LogP contribution in [-0.4, -0.2) is 41.1 Å². The molecule has 0 aliphatic carbocycles. The molecule has 4 rings (SSSR count). The molecule has 0 amide bonds. The first kappa shape index (κ1) is 21.4. The van der Waals surface area contributed by atoms with E-state index in [9.17, 15) is 0 Å². The zero-order valence-corrected chi connectivity index (χ0v) is 18.7. The first-order valence-corrected chi connectivity index (χ1v) is 11.0. The third-order valence-corrected chi connectivity index (χ3v) is 5.80. The van der Waals surface area contributed by atoms with Gasteiger partial charge in [0, 0.05) is 34.7 Å². The van der Waals surface area contributed by atoms with Crippen molar-refractivity contribution in [3.8, 4) is 5.75 Å². The Morgan fingerprint density at radius 3 is 2.45 bits per heavy atom. The number of halogens is 1. The van der Waals surface area contributed by atoms with Gasteiger partial charge in [-0.1, -0.05) is 11.6 Å². The van der Waals surface area contributed by atoms with Crippen LogP contribution in [0, 0.1) is 13.8 Å². The molecule has 7 heteroatoms. The van der Waals surface area contributed by atoms with Crippen LogP contribution in [0.3, 0.4) is 0 Å². The molecule has 2 N–H and O–H groups in total. The summed E-state index contributed by atoms with van der Waals surface area (Å²) in [6, 6.07) is 13.7. The van der Waals surface area contributed by atoms with Gasteiger partial charge in [0.15, 0.2) is 0 Å². The van der Waals surface area contributed by atoms with Gasteiger partial charge in [-0.2, -0.15) is 4.98 Å². The second-order valence-electron chi connectivity index (χ2n) is 7.86. The maximum atomic E-state index is 6.12. The molecule has 6 nitrogen and oxygen atoms in total. The Balaban J connectivity index is 1.36. The summed E-state index contributed by atoms with van der Waals surface area (Å²) >= 11 is 6.12. The van der Waals surface area contributed by atoms with E-state index in [-0.39, 0.29) is 0 Å². The van der Waals surface area contributed by atoms with Gasteiger partial charge in [0.1, 0.15) is 18.2 Å². The average molecular weight is 438 g/mol. The van der Waals surface area contributed by atoms with E-state index in [0.29, 0.717) is 12.6 Å². The number of likely N-dealkylation sites (tertiary alicyclic amines) is 1. The standard InChI is InChI=1S/C24H28ClN5O/c1-17-15-20(7-10-22(17)25)27-23-18(2)16-26-24(29-23)28-19-5-8-21(9-6-19)31-14-13-30-11-3-4-12-30/h5-10,15-16H,3-4,11-14H2,1-2H3,(H2,26,27,28,29). The minimum Gasteiger partial charge on any atom is -0.492 e. The summed E-state index contributed by atoms with van der Waals surface area (Å²) in [5, 5.41) is 7.35. The van der Waals surface area contributed by atoms with Crippen LogP contribution in [0.25, 0.3) is 0 Å². The summed E-state index contributed by atoms with van der Waals surface area (Å²) in [6.07, 6.45) is 4.41. The normalized spacial score (nSPS) is 13.9. The Morgan fingerprint density at radius 2 is 1.71 bits per heavy atom. The number of hydrogen-bond donors (Lipinski definition) is 2. The number of nitrogens with zero attached hydrogens (tertiary/aromatic N) is 3. The highest BCUT2D eigenvalue weighted by atomic mass is 35.5. The van der Waals surface area contributed by atoms with Crippen molar-refractivity contribution in [1.82, 2.24) is 14.9 Å². The van der Waals surface area contributed by atoms with Gasteiger partial charge in [-0.25, -0.2) is 4.98 Å². The molecule has 1 fully saturated rings. The smallest absolute Gasteiger partial charge is 0.229 e. The monoisotopic (exact) mass is 437 g/mol. The Hall–Kier alpha value is -2.83. The van der Waals surface area contributed by atoms with E-state index in [0.717, 1.165) is 45.6 Å². The molecular weight excluding hydrogens is 410 g/mol. The number of aryl methyl sites for hydroxylation is 2. The van der Waals surface area contributed by atoms with Crippen LogP contribution in [0.2, 0.25) is 5.02 Å². The van der Waals surface area contributed by atoms with Crippen LogP contribution in [0.5, 0.6) is 5.75 Å². The van der Waals surface area contributed by atoms with Crippen LogP contribution in [-0.2, 0) is 0 Å². The summed E-state index contributed by atoms with van der Waals surface area (Å²) in [5.74, 6) is 2.15. The van der Waals surface area contributed by atoms with Crippen LogP contribution < -0.4 is 15.4 Å². The lowest BCUT2D eigenvalue weighted by molar-refractivity contribution is 0.238. The fourth-order valence-corrected chi connectivity index (χ4v) is 3.67. The molecule has 1 aromatic heterocycles. The van der Waals surface area contributed by atoms with E-state index in [4.69, 9.17) is 16.3 Å². The van der Waals surface area contributed by atoms with Gasteiger partial charge >= 0.3 is 0 Å². The summed E-state index contributed by atoms with van der Waals surface area (Å²) < 4.78 is 5.87. The predicted octanol–water partition coefficient (Wildman–Crippen LogP) is 5.71. The van der Waals surface area contributed by atoms with Crippen LogP contribution >= 0.6 is 11.6 Å². The van der Waals surface area contributed by atoms with E-state index in [1.165, 1.54) is 25.9 Å². The molecule has 31 heavy (non-hydrogen) atoms. The molecule has 0 unspecified atom stereocenters. The van der Waals surface area contributed by atoms with Crippen molar-refractivity contribution >= 4 is 34.7 Å². The van der Waals surface area contributed by atoms with Crippen molar-refractivity contribution in [2.24, 2.45) is 0 Å². The lowest BCUT2D eigenvalue weighted by atomic mass is 10.2. The maximum Gasteiger partial charge on any atom is 0.229 e. The molecule has 1 aliphatic heterocycles. The summed E-state index contributed by atoms with van der Waals surface area (Å²) in [7, 11) is 0. The van der Waals surface area contributed by atoms with Crippen molar-refractivity contribution in [3.63, 3.8) is 0 Å². The molecule has 0 spiro atoms. The summed E-state index contributed by atoms with van der Waals surface area (Å²) in [5.41, 5.74) is 3.81. The van der Waals surface area contributed by atoms with E-state index < -0.39 is 0 Å². The van der Waals surface area contributed by atoms with Gasteiger partial charge in [0.2, 0.25) is 5.95 Å². The predicted molar refractivity (Wildman–Crippen MR) is 127 cm³/mol. The Kier molecular flexibility index (Phi) is 6.89. The Morgan fingerprint density at radius 1 is 0.968 bits per heavy atom. The minimum atomic E-state index is 0.529. The van der Waals surface area contributed by atoms with Gasteiger partial charge in [0.05, 0.1) is 0 Å². The van der Waals surface area contributed by atoms with Gasteiger partial charge in [-0.3, -0.25) is 4.90 Å². The molecule has 0 bridgehead atoms. The summed E-state index contributed by atoms with van der Waals surface area (Å²) in [6.45, 7) is 8.04. The second-order valence-corrected chi connectivity index (χ2v) is 8.27. The third kappa shape index (κ3) is 5.87. The minimum absolute atomic E-state index is 0.529. The molecule has 1 aliphatic rings. The fraction of sp³-hybridized carbons (Fsp3) is 0.333. The highest BCUT2D eigenvalue weighted by Gasteiger charge is 2.11. The number of rotatable bonds is 8. The van der Waals surface area contributed by atoms with E-state index in [1.807, 2.05) is 56.3 Å². The highest BCUT2D eigenvalue weighted by Crippen LogP contribution is 2.25.